The van der Waals surface area contributed by atoms with Gasteiger partial charge in [0.1, 0.15) is 5.69 Å². The lowest BCUT2D eigenvalue weighted by molar-refractivity contribution is 0.0942. The molecule has 1 aromatic carbocycles. The Morgan fingerprint density at radius 2 is 2.32 bits per heavy atom. The van der Waals surface area contributed by atoms with Crippen molar-refractivity contribution in [2.75, 3.05) is 6.54 Å². The van der Waals surface area contributed by atoms with E-state index in [2.05, 4.69) is 38.3 Å². The number of carbonyl (C=O) groups is 1. The second kappa shape index (κ2) is 6.36. The lowest BCUT2D eigenvalue weighted by Gasteiger charge is -2.12. The Bertz CT molecular complexity index is 779. The Balaban J connectivity index is 1.60. The minimum Gasteiger partial charge on any atom is -0.351 e. The van der Waals surface area contributed by atoms with Crippen LogP contribution in [0.2, 0.25) is 0 Å². The second-order valence-corrected chi connectivity index (χ2v) is 6.37. The molecule has 2 aromatic heterocycles. The molecule has 3 aromatic rings. The number of amides is 1. The molecule has 0 aliphatic heterocycles. The van der Waals surface area contributed by atoms with E-state index in [9.17, 15) is 4.79 Å². The number of fused-ring (bicyclic) bond motifs is 1. The average Bonchev–Trinajstić information content (AvgIpc) is 3.13. The highest BCUT2D eigenvalue weighted by Crippen LogP contribution is 2.20. The van der Waals surface area contributed by atoms with E-state index in [0.717, 1.165) is 21.9 Å². The summed E-state index contributed by atoms with van der Waals surface area (Å²) in [5.74, 6) is 0.224. The Morgan fingerprint density at radius 1 is 1.45 bits per heavy atom. The van der Waals surface area contributed by atoms with Crippen LogP contribution in [0.5, 0.6) is 0 Å². The normalized spacial score (nSPS) is 12.5. The van der Waals surface area contributed by atoms with E-state index in [0.29, 0.717) is 18.2 Å². The Labute approximate surface area is 136 Å². The molecular formula is C16H17BrN4O. The van der Waals surface area contributed by atoms with Crippen LogP contribution in [-0.4, -0.2) is 27.2 Å². The van der Waals surface area contributed by atoms with Gasteiger partial charge in [0.15, 0.2) is 0 Å². The molecular weight excluding hydrogens is 344 g/mol. The van der Waals surface area contributed by atoms with Gasteiger partial charge in [-0.3, -0.25) is 9.48 Å². The van der Waals surface area contributed by atoms with Gasteiger partial charge in [0, 0.05) is 40.9 Å². The number of nitrogens with zero attached hydrogens (tertiary/aromatic N) is 2. The van der Waals surface area contributed by atoms with Gasteiger partial charge in [-0.15, -0.1) is 0 Å². The highest BCUT2D eigenvalue weighted by atomic mass is 79.9. The molecule has 0 spiro atoms. The van der Waals surface area contributed by atoms with E-state index < -0.39 is 0 Å². The van der Waals surface area contributed by atoms with Crippen LogP contribution in [0, 0.1) is 5.92 Å². The number of hydrogen-bond donors (Lipinski definition) is 2. The van der Waals surface area contributed by atoms with Crippen molar-refractivity contribution in [2.24, 2.45) is 5.92 Å². The van der Waals surface area contributed by atoms with Crippen LogP contribution in [0.25, 0.3) is 10.9 Å². The zero-order valence-electron chi connectivity index (χ0n) is 12.2. The summed E-state index contributed by atoms with van der Waals surface area (Å²) in [4.78, 5) is 15.4. The summed E-state index contributed by atoms with van der Waals surface area (Å²) >= 11 is 3.43. The van der Waals surface area contributed by atoms with Gasteiger partial charge in [-0.25, -0.2) is 0 Å². The van der Waals surface area contributed by atoms with E-state index in [-0.39, 0.29) is 5.91 Å². The standard InChI is InChI=1S/C16H17BrN4O/c1-11(10-21-6-2-5-19-21)9-18-16(22)15-8-12-7-13(17)3-4-14(12)20-15/h2-8,11,20H,9-10H2,1H3,(H,18,22)/t11-/m0/s1. The summed E-state index contributed by atoms with van der Waals surface area (Å²) in [5.41, 5.74) is 1.54. The maximum absolute atomic E-state index is 12.2. The van der Waals surface area contributed by atoms with Crippen LogP contribution in [0.15, 0.2) is 47.2 Å². The summed E-state index contributed by atoms with van der Waals surface area (Å²) in [7, 11) is 0. The fourth-order valence-electron chi connectivity index (χ4n) is 2.38. The molecule has 2 N–H and O–H groups in total. The minimum absolute atomic E-state index is 0.0837. The number of aromatic nitrogens is 3. The maximum Gasteiger partial charge on any atom is 0.267 e. The van der Waals surface area contributed by atoms with E-state index in [4.69, 9.17) is 0 Å². The Hall–Kier alpha value is -2.08. The zero-order valence-corrected chi connectivity index (χ0v) is 13.8. The summed E-state index contributed by atoms with van der Waals surface area (Å²) in [6, 6.07) is 9.66. The van der Waals surface area contributed by atoms with E-state index in [1.165, 1.54) is 0 Å². The van der Waals surface area contributed by atoms with Gasteiger partial charge in [-0.05, 0) is 36.2 Å². The fraction of sp³-hybridized carbons (Fsp3) is 0.250. The quantitative estimate of drug-likeness (QED) is 0.733. The van der Waals surface area contributed by atoms with E-state index in [1.54, 1.807) is 6.20 Å². The molecule has 2 heterocycles. The van der Waals surface area contributed by atoms with Crippen molar-refractivity contribution in [2.45, 2.75) is 13.5 Å². The van der Waals surface area contributed by atoms with Crippen molar-refractivity contribution < 1.29 is 4.79 Å². The van der Waals surface area contributed by atoms with Gasteiger partial charge in [0.2, 0.25) is 0 Å². The first-order chi connectivity index (χ1) is 10.6. The molecule has 6 heteroatoms. The third-order valence-electron chi connectivity index (χ3n) is 3.50. The Kier molecular flexibility index (Phi) is 4.29. The largest absolute Gasteiger partial charge is 0.351 e. The lowest BCUT2D eigenvalue weighted by Crippen LogP contribution is -2.30. The van der Waals surface area contributed by atoms with Gasteiger partial charge in [0.25, 0.3) is 5.91 Å². The molecule has 0 saturated carbocycles. The zero-order chi connectivity index (χ0) is 15.5. The molecule has 3 rings (SSSR count). The number of hydrogen-bond acceptors (Lipinski definition) is 2. The van der Waals surface area contributed by atoms with Crippen LogP contribution in [-0.2, 0) is 6.54 Å². The third-order valence-corrected chi connectivity index (χ3v) is 3.99. The predicted molar refractivity (Wildman–Crippen MR) is 89.7 cm³/mol. The third kappa shape index (κ3) is 3.39. The van der Waals surface area contributed by atoms with Crippen LogP contribution in [0.1, 0.15) is 17.4 Å². The molecule has 0 saturated heterocycles. The average molecular weight is 361 g/mol. The monoisotopic (exact) mass is 360 g/mol. The van der Waals surface area contributed by atoms with Crippen LogP contribution in [0.4, 0.5) is 0 Å². The topological polar surface area (TPSA) is 62.7 Å². The van der Waals surface area contributed by atoms with Crippen molar-refractivity contribution in [1.82, 2.24) is 20.1 Å². The number of carbonyl (C=O) groups excluding carboxylic acids is 1. The summed E-state index contributed by atoms with van der Waals surface area (Å²) in [6.45, 7) is 3.48. The number of aromatic amines is 1. The smallest absolute Gasteiger partial charge is 0.267 e. The van der Waals surface area contributed by atoms with Crippen molar-refractivity contribution in [3.05, 3.63) is 52.9 Å². The van der Waals surface area contributed by atoms with Gasteiger partial charge in [-0.1, -0.05) is 22.9 Å². The van der Waals surface area contributed by atoms with Gasteiger partial charge < -0.3 is 10.3 Å². The molecule has 0 bridgehead atoms. The van der Waals surface area contributed by atoms with Gasteiger partial charge >= 0.3 is 0 Å². The Morgan fingerprint density at radius 3 is 3.09 bits per heavy atom. The van der Waals surface area contributed by atoms with Gasteiger partial charge in [0.05, 0.1) is 0 Å². The molecule has 0 fully saturated rings. The highest BCUT2D eigenvalue weighted by molar-refractivity contribution is 9.10. The first-order valence-corrected chi connectivity index (χ1v) is 7.95. The number of rotatable bonds is 5. The van der Waals surface area contributed by atoms with Crippen molar-refractivity contribution >= 4 is 32.7 Å². The number of halogens is 1. The molecule has 1 atom stereocenters. The van der Waals surface area contributed by atoms with Crippen molar-refractivity contribution in [1.29, 1.82) is 0 Å². The minimum atomic E-state index is -0.0837. The van der Waals surface area contributed by atoms with Crippen LogP contribution in [0.3, 0.4) is 0 Å². The van der Waals surface area contributed by atoms with Crippen LogP contribution < -0.4 is 5.32 Å². The summed E-state index contributed by atoms with van der Waals surface area (Å²) < 4.78 is 2.87. The summed E-state index contributed by atoms with van der Waals surface area (Å²) in [5, 5.41) is 8.15. The number of nitrogens with one attached hydrogen (secondary N) is 2. The van der Waals surface area contributed by atoms with E-state index in [1.807, 2.05) is 41.2 Å². The first kappa shape index (κ1) is 14.8. The molecule has 0 aliphatic rings. The number of H-pyrrole nitrogens is 1. The molecule has 0 aliphatic carbocycles. The molecule has 114 valence electrons. The second-order valence-electron chi connectivity index (χ2n) is 5.46. The van der Waals surface area contributed by atoms with Gasteiger partial charge in [-0.2, -0.15) is 5.10 Å². The van der Waals surface area contributed by atoms with Crippen LogP contribution >= 0.6 is 15.9 Å². The van der Waals surface area contributed by atoms with E-state index >= 15 is 0 Å². The SMILES string of the molecule is C[C@@H](CNC(=O)c1cc2cc(Br)ccc2[nH]1)Cn1cccn1. The highest BCUT2D eigenvalue weighted by Gasteiger charge is 2.11. The molecule has 22 heavy (non-hydrogen) atoms. The number of benzene rings is 1. The fourth-order valence-corrected chi connectivity index (χ4v) is 2.76. The molecule has 0 unspecified atom stereocenters. The van der Waals surface area contributed by atoms with Crippen molar-refractivity contribution in [3.63, 3.8) is 0 Å². The molecule has 1 amide bonds. The molecule has 0 radical (unpaired) electrons. The molecule has 5 nitrogen and oxygen atoms in total. The summed E-state index contributed by atoms with van der Waals surface area (Å²) in [6.07, 6.45) is 3.68. The maximum atomic E-state index is 12.2. The van der Waals surface area contributed by atoms with Crippen molar-refractivity contribution in [3.8, 4) is 0 Å². The predicted octanol–water partition coefficient (Wildman–Crippen LogP) is 3.19. The first-order valence-electron chi connectivity index (χ1n) is 7.16. The lowest BCUT2D eigenvalue weighted by atomic mass is 10.2.